The van der Waals surface area contributed by atoms with Crippen molar-refractivity contribution in [3.63, 3.8) is 0 Å². The molecule has 2 aromatic carbocycles. The zero-order valence-corrected chi connectivity index (χ0v) is 13.3. The minimum atomic E-state index is -3.88. The Morgan fingerprint density at radius 2 is 1.59 bits per heavy atom. The van der Waals surface area contributed by atoms with Crippen LogP contribution in [-0.4, -0.2) is 14.4 Å². The summed E-state index contributed by atoms with van der Waals surface area (Å²) in [4.78, 5) is 10.6. The van der Waals surface area contributed by atoms with Crippen molar-refractivity contribution in [2.24, 2.45) is 5.73 Å². The van der Waals surface area contributed by atoms with Crippen molar-refractivity contribution in [1.29, 1.82) is 0 Å². The van der Waals surface area contributed by atoms with Gasteiger partial charge in [-0.25, -0.2) is 13.2 Å². The number of primary amides is 1. The molecule has 0 aliphatic heterocycles. The van der Waals surface area contributed by atoms with E-state index in [-0.39, 0.29) is 14.9 Å². The fourth-order valence-electron chi connectivity index (χ4n) is 1.66. The number of amides is 2. The molecular weight excluding hydrogens is 349 g/mol. The lowest BCUT2D eigenvalue weighted by Gasteiger charge is -2.10. The second-order valence-electron chi connectivity index (χ2n) is 4.25. The van der Waals surface area contributed by atoms with Crippen LogP contribution in [0.3, 0.4) is 0 Å². The van der Waals surface area contributed by atoms with Gasteiger partial charge in [-0.05, 0) is 42.5 Å². The van der Waals surface area contributed by atoms with Gasteiger partial charge < -0.3 is 11.1 Å². The molecule has 0 radical (unpaired) electrons. The number of anilines is 2. The first-order valence-electron chi connectivity index (χ1n) is 5.92. The van der Waals surface area contributed by atoms with Crippen LogP contribution in [0.25, 0.3) is 0 Å². The van der Waals surface area contributed by atoms with E-state index in [4.69, 9.17) is 28.9 Å². The predicted octanol–water partition coefficient (Wildman–Crippen LogP) is 3.28. The highest BCUT2D eigenvalue weighted by Gasteiger charge is 2.18. The van der Waals surface area contributed by atoms with Gasteiger partial charge in [-0.2, -0.15) is 0 Å². The molecule has 22 heavy (non-hydrogen) atoms. The maximum atomic E-state index is 12.3. The van der Waals surface area contributed by atoms with Crippen molar-refractivity contribution >= 4 is 50.6 Å². The lowest BCUT2D eigenvalue weighted by atomic mass is 10.3. The maximum Gasteiger partial charge on any atom is 0.316 e. The van der Waals surface area contributed by atoms with E-state index in [0.29, 0.717) is 11.4 Å². The van der Waals surface area contributed by atoms with Crippen LogP contribution in [0.4, 0.5) is 16.2 Å². The number of nitrogens with one attached hydrogen (secondary N) is 2. The Labute approximate surface area is 137 Å². The molecule has 9 heteroatoms. The van der Waals surface area contributed by atoms with Crippen molar-refractivity contribution in [2.75, 3.05) is 10.0 Å². The average molecular weight is 360 g/mol. The number of halogens is 2. The number of benzene rings is 2. The molecule has 2 amide bonds. The van der Waals surface area contributed by atoms with Gasteiger partial charge in [0.25, 0.3) is 10.0 Å². The van der Waals surface area contributed by atoms with Gasteiger partial charge in [0.15, 0.2) is 0 Å². The molecule has 0 aromatic heterocycles. The van der Waals surface area contributed by atoms with Gasteiger partial charge in [0.05, 0.1) is 5.02 Å². The Bertz CT molecular complexity index is 808. The van der Waals surface area contributed by atoms with Crippen molar-refractivity contribution < 1.29 is 13.2 Å². The first-order chi connectivity index (χ1) is 10.3. The van der Waals surface area contributed by atoms with Crippen LogP contribution in [-0.2, 0) is 10.0 Å². The number of sulfonamides is 1. The lowest BCUT2D eigenvalue weighted by molar-refractivity contribution is 0.259. The van der Waals surface area contributed by atoms with Crippen molar-refractivity contribution in [2.45, 2.75) is 4.90 Å². The van der Waals surface area contributed by atoms with E-state index in [0.717, 1.165) is 0 Å². The summed E-state index contributed by atoms with van der Waals surface area (Å²) in [5.41, 5.74) is 5.72. The van der Waals surface area contributed by atoms with Crippen LogP contribution in [0.15, 0.2) is 47.4 Å². The Morgan fingerprint density at radius 3 is 2.18 bits per heavy atom. The summed E-state index contributed by atoms with van der Waals surface area (Å²) in [6.07, 6.45) is 0. The Morgan fingerprint density at radius 1 is 1.00 bits per heavy atom. The third-order valence-corrected chi connectivity index (χ3v) is 4.69. The van der Waals surface area contributed by atoms with Gasteiger partial charge in [-0.3, -0.25) is 4.72 Å². The smallest absolute Gasteiger partial charge is 0.316 e. The molecule has 2 rings (SSSR count). The molecule has 0 aliphatic rings. The van der Waals surface area contributed by atoms with E-state index in [2.05, 4.69) is 10.0 Å². The van der Waals surface area contributed by atoms with Crippen LogP contribution >= 0.6 is 23.2 Å². The van der Waals surface area contributed by atoms with E-state index >= 15 is 0 Å². The summed E-state index contributed by atoms with van der Waals surface area (Å²) in [5, 5.41) is 2.68. The molecule has 0 aliphatic carbocycles. The third kappa shape index (κ3) is 4.03. The summed E-state index contributed by atoms with van der Waals surface area (Å²) < 4.78 is 27.0. The van der Waals surface area contributed by atoms with Gasteiger partial charge in [-0.1, -0.05) is 23.2 Å². The van der Waals surface area contributed by atoms with E-state index < -0.39 is 16.1 Å². The summed E-state index contributed by atoms with van der Waals surface area (Å²) in [7, 11) is -3.88. The summed E-state index contributed by atoms with van der Waals surface area (Å²) >= 11 is 11.7. The molecule has 0 atom stereocenters. The number of carbonyl (C=O) groups excluding carboxylic acids is 1. The highest BCUT2D eigenvalue weighted by atomic mass is 35.5. The zero-order valence-electron chi connectivity index (χ0n) is 11.0. The topological polar surface area (TPSA) is 101 Å². The summed E-state index contributed by atoms with van der Waals surface area (Å²) in [6, 6.07) is 9.40. The molecule has 116 valence electrons. The molecule has 6 nitrogen and oxygen atoms in total. The van der Waals surface area contributed by atoms with E-state index in [1.165, 1.54) is 42.5 Å². The molecule has 0 heterocycles. The Kier molecular flexibility index (Phi) is 4.80. The monoisotopic (exact) mass is 359 g/mol. The number of nitrogens with two attached hydrogens (primary N) is 1. The molecule has 0 unspecified atom stereocenters. The minimum Gasteiger partial charge on any atom is -0.351 e. The van der Waals surface area contributed by atoms with Crippen molar-refractivity contribution in [1.82, 2.24) is 0 Å². The van der Waals surface area contributed by atoms with E-state index in [1.54, 1.807) is 0 Å². The fourth-order valence-corrected chi connectivity index (χ4v) is 3.48. The van der Waals surface area contributed by atoms with E-state index in [1.807, 2.05) is 0 Å². The van der Waals surface area contributed by atoms with Crippen molar-refractivity contribution in [3.8, 4) is 0 Å². The second kappa shape index (κ2) is 6.43. The largest absolute Gasteiger partial charge is 0.351 e. The molecular formula is C13H11Cl2N3O3S. The minimum absolute atomic E-state index is 0.0592. The highest BCUT2D eigenvalue weighted by Crippen LogP contribution is 2.27. The Balaban J connectivity index is 2.25. The summed E-state index contributed by atoms with van der Waals surface area (Å²) in [5.74, 6) is 0. The van der Waals surface area contributed by atoms with Gasteiger partial charge in [0.2, 0.25) is 0 Å². The van der Waals surface area contributed by atoms with Gasteiger partial charge in [-0.15, -0.1) is 0 Å². The Hall–Kier alpha value is -1.96. The standard InChI is InChI=1S/C13H11Cl2N3O3S/c14-8-1-6-11(15)12(7-8)22(20,21)18-10-4-2-9(3-5-10)17-13(16)19/h1-7,18H,(H3,16,17,19). The van der Waals surface area contributed by atoms with Gasteiger partial charge in [0, 0.05) is 16.4 Å². The molecule has 2 aromatic rings. The predicted molar refractivity (Wildman–Crippen MR) is 86.9 cm³/mol. The molecule has 0 saturated heterocycles. The maximum absolute atomic E-state index is 12.3. The second-order valence-corrected chi connectivity index (χ2v) is 6.74. The number of hydrogen-bond donors (Lipinski definition) is 3. The van der Waals surface area contributed by atoms with Gasteiger partial charge >= 0.3 is 6.03 Å². The van der Waals surface area contributed by atoms with Crippen LogP contribution in [0.5, 0.6) is 0 Å². The van der Waals surface area contributed by atoms with Gasteiger partial charge in [0.1, 0.15) is 4.90 Å². The SMILES string of the molecule is NC(=O)Nc1ccc(NS(=O)(=O)c2cc(Cl)ccc2Cl)cc1. The molecule has 0 bridgehead atoms. The average Bonchev–Trinajstić information content (AvgIpc) is 2.43. The van der Waals surface area contributed by atoms with Crippen LogP contribution in [0, 0.1) is 0 Å². The first-order valence-corrected chi connectivity index (χ1v) is 8.16. The fraction of sp³-hybridized carbons (Fsp3) is 0. The van der Waals surface area contributed by atoms with Crippen LogP contribution in [0.2, 0.25) is 10.0 Å². The summed E-state index contributed by atoms with van der Waals surface area (Å²) in [6.45, 7) is 0. The number of urea groups is 1. The highest BCUT2D eigenvalue weighted by molar-refractivity contribution is 7.92. The zero-order chi connectivity index (χ0) is 16.3. The molecule has 0 spiro atoms. The number of carbonyl (C=O) groups is 1. The molecule has 0 fully saturated rings. The normalized spacial score (nSPS) is 11.0. The van der Waals surface area contributed by atoms with Crippen LogP contribution in [0.1, 0.15) is 0 Å². The quantitative estimate of drug-likeness (QED) is 0.780. The van der Waals surface area contributed by atoms with Crippen LogP contribution < -0.4 is 15.8 Å². The lowest BCUT2D eigenvalue weighted by Crippen LogP contribution is -2.19. The number of hydrogen-bond acceptors (Lipinski definition) is 3. The third-order valence-electron chi connectivity index (χ3n) is 2.59. The molecule has 4 N–H and O–H groups in total. The number of rotatable bonds is 4. The molecule has 0 saturated carbocycles. The van der Waals surface area contributed by atoms with Crippen molar-refractivity contribution in [3.05, 3.63) is 52.5 Å². The first kappa shape index (κ1) is 16.4. The van der Waals surface area contributed by atoms with E-state index in [9.17, 15) is 13.2 Å².